The van der Waals surface area contributed by atoms with Crippen molar-refractivity contribution >= 4 is 5.57 Å². The zero-order chi connectivity index (χ0) is 16.2. The minimum atomic E-state index is 0.168. The van der Waals surface area contributed by atoms with Crippen molar-refractivity contribution < 1.29 is 0 Å². The molecule has 0 unspecified atom stereocenters. The van der Waals surface area contributed by atoms with E-state index in [4.69, 9.17) is 5.26 Å². The van der Waals surface area contributed by atoms with E-state index in [0.717, 1.165) is 5.57 Å². The van der Waals surface area contributed by atoms with Crippen molar-refractivity contribution in [2.24, 2.45) is 0 Å². The second kappa shape index (κ2) is 6.62. The van der Waals surface area contributed by atoms with E-state index in [0.29, 0.717) is 6.42 Å². The Kier molecular flexibility index (Phi) is 4.83. The molecule has 1 aromatic rings. The third-order valence-electron chi connectivity index (χ3n) is 3.86. The molecule has 112 valence electrons. The van der Waals surface area contributed by atoms with Crippen LogP contribution in [0, 0.1) is 11.3 Å². The van der Waals surface area contributed by atoms with Gasteiger partial charge in [-0.05, 0) is 40.2 Å². The Morgan fingerprint density at radius 1 is 1.00 bits per heavy atom. The Balaban J connectivity index is 2.42. The first-order chi connectivity index (χ1) is 10.4. The predicted molar refractivity (Wildman–Crippen MR) is 94.3 cm³/mol. The van der Waals surface area contributed by atoms with Crippen molar-refractivity contribution in [3.05, 3.63) is 76.9 Å². The minimum absolute atomic E-state index is 0.168. The van der Waals surface area contributed by atoms with E-state index in [9.17, 15) is 0 Å². The monoisotopic (exact) mass is 289 g/mol. The molecule has 0 fully saturated rings. The third kappa shape index (κ3) is 3.86. The van der Waals surface area contributed by atoms with Crippen LogP contribution in [0.1, 0.15) is 45.2 Å². The van der Waals surface area contributed by atoms with E-state index in [1.807, 2.05) is 18.2 Å². The highest BCUT2D eigenvalue weighted by Crippen LogP contribution is 2.27. The molecule has 1 aromatic carbocycles. The minimum Gasteiger partial charge on any atom is -0.198 e. The summed E-state index contributed by atoms with van der Waals surface area (Å²) in [5.41, 5.74) is 6.17. The van der Waals surface area contributed by atoms with E-state index < -0.39 is 0 Å². The molecule has 22 heavy (non-hydrogen) atoms. The Morgan fingerprint density at radius 2 is 1.64 bits per heavy atom. The van der Waals surface area contributed by atoms with Gasteiger partial charge in [-0.3, -0.25) is 0 Å². The summed E-state index contributed by atoms with van der Waals surface area (Å²) in [5.74, 6) is 0. The summed E-state index contributed by atoms with van der Waals surface area (Å²) in [4.78, 5) is 0. The maximum atomic E-state index is 8.90. The fourth-order valence-corrected chi connectivity index (χ4v) is 2.54. The van der Waals surface area contributed by atoms with Gasteiger partial charge in [-0.15, -0.1) is 0 Å². The summed E-state index contributed by atoms with van der Waals surface area (Å²) >= 11 is 0. The number of nitriles is 1. The third-order valence-corrected chi connectivity index (χ3v) is 3.86. The lowest BCUT2D eigenvalue weighted by Crippen LogP contribution is -2.10. The lowest BCUT2D eigenvalue weighted by molar-refractivity contribution is 0.590. The number of hydrogen-bond acceptors (Lipinski definition) is 1. The van der Waals surface area contributed by atoms with Gasteiger partial charge in [0.25, 0.3) is 0 Å². The highest BCUT2D eigenvalue weighted by molar-refractivity contribution is 5.79. The van der Waals surface area contributed by atoms with Crippen LogP contribution in [0.3, 0.4) is 0 Å². The first-order valence-electron chi connectivity index (χ1n) is 7.66. The van der Waals surface area contributed by atoms with E-state index in [1.165, 1.54) is 22.3 Å². The molecule has 0 saturated carbocycles. The molecular formula is C21H23N. The van der Waals surface area contributed by atoms with Crippen molar-refractivity contribution in [1.29, 1.82) is 5.26 Å². The maximum Gasteiger partial charge on any atom is 0.0669 e. The number of rotatable bonds is 2. The summed E-state index contributed by atoms with van der Waals surface area (Å²) in [5, 5.41) is 8.90. The molecule has 0 aromatic heterocycles. The van der Waals surface area contributed by atoms with Gasteiger partial charge in [0.15, 0.2) is 0 Å². The molecule has 1 aliphatic rings. The smallest absolute Gasteiger partial charge is 0.0669 e. The first-order valence-corrected chi connectivity index (χ1v) is 7.66. The van der Waals surface area contributed by atoms with Crippen LogP contribution in [-0.2, 0) is 5.41 Å². The van der Waals surface area contributed by atoms with Gasteiger partial charge >= 0.3 is 0 Å². The van der Waals surface area contributed by atoms with Crippen molar-refractivity contribution in [1.82, 2.24) is 0 Å². The highest BCUT2D eigenvalue weighted by atomic mass is 14.2. The summed E-state index contributed by atoms with van der Waals surface area (Å²) in [6, 6.07) is 11.0. The quantitative estimate of drug-likeness (QED) is 0.682. The van der Waals surface area contributed by atoms with Crippen LogP contribution in [0.2, 0.25) is 0 Å². The largest absolute Gasteiger partial charge is 0.198 e. The normalized spacial score (nSPS) is 23.7. The zero-order valence-electron chi connectivity index (χ0n) is 13.9. The molecule has 0 saturated heterocycles. The molecule has 1 aliphatic carbocycles. The average molecular weight is 289 g/mol. The van der Waals surface area contributed by atoms with Gasteiger partial charge in [-0.25, -0.2) is 0 Å². The number of allylic oxidation sites excluding steroid dienone is 8. The molecule has 0 atom stereocenters. The first kappa shape index (κ1) is 16.0. The van der Waals surface area contributed by atoms with Crippen molar-refractivity contribution in [3.63, 3.8) is 0 Å². The SMILES string of the molecule is CC1=C(c2ccc(C(C)(C)C)cc2)/C=C/C=C/C(CC#N)=C\1. The molecule has 1 nitrogen and oxygen atoms in total. The van der Waals surface area contributed by atoms with E-state index >= 15 is 0 Å². The molecule has 1 heteroatoms. The number of benzene rings is 1. The summed E-state index contributed by atoms with van der Waals surface area (Å²) in [6.07, 6.45) is 10.7. The average Bonchev–Trinajstić information content (AvgIpc) is 2.44. The Hall–Kier alpha value is -2.33. The predicted octanol–water partition coefficient (Wildman–Crippen LogP) is 5.72. The van der Waals surface area contributed by atoms with Crippen molar-refractivity contribution in [2.45, 2.75) is 39.5 Å². The molecule has 0 spiro atoms. The van der Waals surface area contributed by atoms with Crippen LogP contribution < -0.4 is 0 Å². The van der Waals surface area contributed by atoms with Crippen LogP contribution in [-0.4, -0.2) is 0 Å². The Bertz CT molecular complexity index is 696. The standard InChI is InChI=1S/C21H23N/c1-16-15-17(13-14-22)7-5-6-8-20(16)18-9-11-19(12-10-18)21(2,3)4/h5-12,15H,13H2,1-4H3/b6-5?,7-5+,8-6+,16-15?,17-7?,17-15+,20-8?,20-16+. The number of hydrogen-bond donors (Lipinski definition) is 0. The fourth-order valence-electron chi connectivity index (χ4n) is 2.54. The van der Waals surface area contributed by atoms with Gasteiger partial charge in [0.05, 0.1) is 12.5 Å². The second-order valence-corrected chi connectivity index (χ2v) is 6.70. The molecule has 2 rings (SSSR count). The van der Waals surface area contributed by atoms with Gasteiger partial charge < -0.3 is 0 Å². The molecule has 0 bridgehead atoms. The number of nitrogens with zero attached hydrogens (tertiary/aromatic N) is 1. The van der Waals surface area contributed by atoms with E-state index in [2.05, 4.69) is 70.2 Å². The van der Waals surface area contributed by atoms with Crippen LogP contribution in [0.5, 0.6) is 0 Å². The molecule has 0 N–H and O–H groups in total. The van der Waals surface area contributed by atoms with Gasteiger partial charge in [-0.1, -0.05) is 75.4 Å². The zero-order valence-corrected chi connectivity index (χ0v) is 13.9. The maximum absolute atomic E-state index is 8.90. The van der Waals surface area contributed by atoms with Gasteiger partial charge in [0.1, 0.15) is 0 Å². The van der Waals surface area contributed by atoms with E-state index in [1.54, 1.807) is 0 Å². The van der Waals surface area contributed by atoms with Crippen molar-refractivity contribution in [3.8, 4) is 6.07 Å². The molecule has 0 aliphatic heterocycles. The van der Waals surface area contributed by atoms with Crippen LogP contribution in [0.25, 0.3) is 5.57 Å². The van der Waals surface area contributed by atoms with Crippen LogP contribution in [0.15, 0.2) is 65.8 Å². The summed E-state index contributed by atoms with van der Waals surface area (Å²) in [7, 11) is 0. The molecular weight excluding hydrogens is 266 g/mol. The van der Waals surface area contributed by atoms with Gasteiger partial charge in [0.2, 0.25) is 0 Å². The Labute approximate surface area is 134 Å². The van der Waals surface area contributed by atoms with Crippen LogP contribution in [0.4, 0.5) is 0 Å². The lowest BCUT2D eigenvalue weighted by Gasteiger charge is -2.19. The lowest BCUT2D eigenvalue weighted by atomic mass is 9.85. The van der Waals surface area contributed by atoms with Crippen LogP contribution >= 0.6 is 0 Å². The molecule has 0 amide bonds. The highest BCUT2D eigenvalue weighted by Gasteiger charge is 2.13. The summed E-state index contributed by atoms with van der Waals surface area (Å²) in [6.45, 7) is 8.78. The Morgan fingerprint density at radius 3 is 2.23 bits per heavy atom. The topological polar surface area (TPSA) is 23.8 Å². The van der Waals surface area contributed by atoms with Gasteiger partial charge in [-0.2, -0.15) is 5.26 Å². The molecule has 0 radical (unpaired) electrons. The fraction of sp³-hybridized carbons (Fsp3) is 0.286. The second-order valence-electron chi connectivity index (χ2n) is 6.70. The van der Waals surface area contributed by atoms with E-state index in [-0.39, 0.29) is 5.41 Å². The van der Waals surface area contributed by atoms with Gasteiger partial charge in [0, 0.05) is 0 Å². The molecule has 0 heterocycles. The summed E-state index contributed by atoms with van der Waals surface area (Å²) < 4.78 is 0. The van der Waals surface area contributed by atoms with Crippen molar-refractivity contribution in [2.75, 3.05) is 0 Å².